The van der Waals surface area contributed by atoms with E-state index in [-0.39, 0.29) is 13.2 Å². The molecule has 0 atom stereocenters. The number of hydrogen-bond acceptors (Lipinski definition) is 2. The second kappa shape index (κ2) is 6.88. The number of rotatable bonds is 4. The molecule has 2 nitrogen and oxygen atoms in total. The lowest BCUT2D eigenvalue weighted by molar-refractivity contribution is 0.281. The van der Waals surface area contributed by atoms with Crippen molar-refractivity contribution >= 4 is 46.4 Å². The smallest absolute Gasteiger partial charge is 0.156 e. The predicted octanol–water partition coefficient (Wildman–Crippen LogP) is 5.37. The quantitative estimate of drug-likeness (QED) is 0.802. The van der Waals surface area contributed by atoms with Crippen LogP contribution in [-0.4, -0.2) is 5.11 Å². The Kier molecular flexibility index (Phi) is 5.42. The van der Waals surface area contributed by atoms with Crippen molar-refractivity contribution in [2.75, 3.05) is 0 Å². The molecule has 0 spiro atoms. The SMILES string of the molecule is OCc1cc(Cl)c(OCc2ccc(Cl)c(Cl)c2)c(Cl)c1. The molecule has 0 fully saturated rings. The molecule has 2 rings (SSSR count). The first kappa shape index (κ1) is 15.7. The Morgan fingerprint density at radius 2 is 1.40 bits per heavy atom. The maximum atomic E-state index is 9.06. The monoisotopic (exact) mass is 350 g/mol. The van der Waals surface area contributed by atoms with Gasteiger partial charge in [-0.25, -0.2) is 0 Å². The molecule has 0 saturated heterocycles. The van der Waals surface area contributed by atoms with E-state index in [9.17, 15) is 0 Å². The second-order valence-corrected chi connectivity index (χ2v) is 5.71. The summed E-state index contributed by atoms with van der Waals surface area (Å²) < 4.78 is 5.60. The highest BCUT2D eigenvalue weighted by Crippen LogP contribution is 2.35. The number of halogens is 4. The zero-order valence-electron chi connectivity index (χ0n) is 10.2. The molecule has 20 heavy (non-hydrogen) atoms. The van der Waals surface area contributed by atoms with E-state index < -0.39 is 0 Å². The molecule has 106 valence electrons. The third-order valence-corrected chi connectivity index (χ3v) is 3.91. The van der Waals surface area contributed by atoms with Gasteiger partial charge in [0.15, 0.2) is 5.75 Å². The molecule has 0 amide bonds. The highest BCUT2D eigenvalue weighted by molar-refractivity contribution is 6.42. The van der Waals surface area contributed by atoms with Gasteiger partial charge in [-0.2, -0.15) is 0 Å². The highest BCUT2D eigenvalue weighted by Gasteiger charge is 2.10. The summed E-state index contributed by atoms with van der Waals surface area (Å²) in [5.41, 5.74) is 1.47. The molecule has 0 radical (unpaired) electrons. The summed E-state index contributed by atoms with van der Waals surface area (Å²) in [5.74, 6) is 0.372. The average Bonchev–Trinajstić information content (AvgIpc) is 2.41. The largest absolute Gasteiger partial charge is 0.486 e. The molecule has 0 aliphatic carbocycles. The van der Waals surface area contributed by atoms with E-state index in [1.165, 1.54) is 0 Å². The molecular weight excluding hydrogens is 342 g/mol. The van der Waals surface area contributed by atoms with Crippen molar-refractivity contribution in [1.82, 2.24) is 0 Å². The van der Waals surface area contributed by atoms with Gasteiger partial charge in [0.05, 0.1) is 26.7 Å². The van der Waals surface area contributed by atoms with Gasteiger partial charge in [0.25, 0.3) is 0 Å². The standard InChI is InChI=1S/C14H10Cl4O2/c15-10-2-1-8(3-11(10)16)7-20-14-12(17)4-9(6-19)5-13(14)18/h1-5,19H,6-7H2. The fourth-order valence-electron chi connectivity index (χ4n) is 1.63. The first-order valence-corrected chi connectivity index (χ1v) is 7.18. The Labute approximate surface area is 136 Å². The molecular formula is C14H10Cl4O2. The van der Waals surface area contributed by atoms with Crippen molar-refractivity contribution in [3.05, 3.63) is 61.5 Å². The lowest BCUT2D eigenvalue weighted by Crippen LogP contribution is -1.97. The van der Waals surface area contributed by atoms with Crippen LogP contribution in [-0.2, 0) is 13.2 Å². The van der Waals surface area contributed by atoms with Crippen LogP contribution in [0.1, 0.15) is 11.1 Å². The van der Waals surface area contributed by atoms with Crippen LogP contribution in [0.25, 0.3) is 0 Å². The summed E-state index contributed by atoms with van der Waals surface area (Å²) in [4.78, 5) is 0. The van der Waals surface area contributed by atoms with E-state index in [0.717, 1.165) is 5.56 Å². The zero-order chi connectivity index (χ0) is 14.7. The Morgan fingerprint density at radius 3 is 1.95 bits per heavy atom. The van der Waals surface area contributed by atoms with E-state index in [4.69, 9.17) is 56.2 Å². The zero-order valence-corrected chi connectivity index (χ0v) is 13.2. The van der Waals surface area contributed by atoms with Crippen LogP contribution >= 0.6 is 46.4 Å². The first-order chi connectivity index (χ1) is 9.51. The number of aliphatic hydroxyl groups is 1. The third kappa shape index (κ3) is 3.72. The van der Waals surface area contributed by atoms with Crippen LogP contribution in [0.4, 0.5) is 0 Å². The lowest BCUT2D eigenvalue weighted by Gasteiger charge is -2.11. The number of ether oxygens (including phenoxy) is 1. The summed E-state index contributed by atoms with van der Waals surface area (Å²) in [6.07, 6.45) is 0. The number of benzene rings is 2. The molecule has 1 N–H and O–H groups in total. The molecule has 0 aliphatic heterocycles. The van der Waals surface area contributed by atoms with Crippen molar-refractivity contribution in [3.63, 3.8) is 0 Å². The topological polar surface area (TPSA) is 29.5 Å². The van der Waals surface area contributed by atoms with E-state index in [2.05, 4.69) is 0 Å². The van der Waals surface area contributed by atoms with E-state index in [1.54, 1.807) is 30.3 Å². The Morgan fingerprint density at radius 1 is 0.800 bits per heavy atom. The Hall–Kier alpha value is -0.640. The minimum Gasteiger partial charge on any atom is -0.486 e. The van der Waals surface area contributed by atoms with E-state index >= 15 is 0 Å². The van der Waals surface area contributed by atoms with Gasteiger partial charge in [0.2, 0.25) is 0 Å². The van der Waals surface area contributed by atoms with Gasteiger partial charge in [0.1, 0.15) is 6.61 Å². The minimum atomic E-state index is -0.132. The van der Waals surface area contributed by atoms with Crippen LogP contribution in [0.2, 0.25) is 20.1 Å². The second-order valence-electron chi connectivity index (χ2n) is 4.08. The molecule has 0 aliphatic rings. The first-order valence-electron chi connectivity index (χ1n) is 5.66. The van der Waals surface area contributed by atoms with Crippen molar-refractivity contribution in [2.24, 2.45) is 0 Å². The summed E-state index contributed by atoms with van der Waals surface area (Å²) in [6.45, 7) is 0.126. The molecule has 6 heteroatoms. The van der Waals surface area contributed by atoms with Crippen LogP contribution in [0.5, 0.6) is 5.75 Å². The third-order valence-electron chi connectivity index (χ3n) is 2.61. The summed E-state index contributed by atoms with van der Waals surface area (Å²) in [7, 11) is 0. The molecule has 0 saturated carbocycles. The van der Waals surface area contributed by atoms with Gasteiger partial charge in [-0.1, -0.05) is 52.5 Å². The molecule has 2 aromatic rings. The Balaban J connectivity index is 2.16. The molecule has 0 heterocycles. The van der Waals surface area contributed by atoms with Crippen molar-refractivity contribution in [2.45, 2.75) is 13.2 Å². The maximum absolute atomic E-state index is 9.06. The summed E-state index contributed by atoms with van der Waals surface area (Å²) >= 11 is 23.9. The van der Waals surface area contributed by atoms with Crippen LogP contribution in [0.3, 0.4) is 0 Å². The predicted molar refractivity (Wildman–Crippen MR) is 83.2 cm³/mol. The number of aliphatic hydroxyl groups excluding tert-OH is 1. The maximum Gasteiger partial charge on any atom is 0.156 e. The molecule has 2 aromatic carbocycles. The van der Waals surface area contributed by atoms with Gasteiger partial charge in [-0.3, -0.25) is 0 Å². The fourth-order valence-corrected chi connectivity index (χ4v) is 2.59. The number of hydrogen-bond donors (Lipinski definition) is 1. The summed E-state index contributed by atoms with van der Waals surface area (Å²) in [5, 5.41) is 10.7. The molecule has 0 bridgehead atoms. The van der Waals surface area contributed by atoms with Gasteiger partial charge >= 0.3 is 0 Å². The van der Waals surface area contributed by atoms with E-state index in [1.807, 2.05) is 0 Å². The van der Waals surface area contributed by atoms with Crippen molar-refractivity contribution < 1.29 is 9.84 Å². The van der Waals surface area contributed by atoms with Gasteiger partial charge < -0.3 is 9.84 Å². The average molecular weight is 352 g/mol. The van der Waals surface area contributed by atoms with Crippen LogP contribution in [0, 0.1) is 0 Å². The summed E-state index contributed by atoms with van der Waals surface area (Å²) in [6, 6.07) is 8.43. The van der Waals surface area contributed by atoms with Gasteiger partial charge in [-0.15, -0.1) is 0 Å². The minimum absolute atomic E-state index is 0.132. The van der Waals surface area contributed by atoms with Gasteiger partial charge in [-0.05, 0) is 35.4 Å². The lowest BCUT2D eigenvalue weighted by atomic mass is 10.2. The molecule has 0 aromatic heterocycles. The van der Waals surface area contributed by atoms with Crippen molar-refractivity contribution in [3.8, 4) is 5.75 Å². The fraction of sp³-hybridized carbons (Fsp3) is 0.143. The molecule has 0 unspecified atom stereocenters. The highest BCUT2D eigenvalue weighted by atomic mass is 35.5. The van der Waals surface area contributed by atoms with Gasteiger partial charge in [0, 0.05) is 0 Å². The Bertz CT molecular complexity index is 606. The van der Waals surface area contributed by atoms with Crippen LogP contribution in [0.15, 0.2) is 30.3 Å². The normalized spacial score (nSPS) is 10.7. The van der Waals surface area contributed by atoms with E-state index in [0.29, 0.717) is 31.4 Å². The van der Waals surface area contributed by atoms with Crippen molar-refractivity contribution in [1.29, 1.82) is 0 Å². The van der Waals surface area contributed by atoms with Crippen LogP contribution < -0.4 is 4.74 Å².